The highest BCUT2D eigenvalue weighted by Crippen LogP contribution is 2.30. The Bertz CT molecular complexity index is 497. The molecule has 110 valence electrons. The Morgan fingerprint density at radius 2 is 1.70 bits per heavy atom. The number of hydrogen-bond acceptors (Lipinski definition) is 2. The summed E-state index contributed by atoms with van der Waals surface area (Å²) >= 11 is 0. The molecular formula is C13H14F3NO3. The number of aliphatic carboxylic acids is 1. The number of alkyl halides is 3. The van der Waals surface area contributed by atoms with Crippen molar-refractivity contribution in [3.8, 4) is 0 Å². The lowest BCUT2D eigenvalue weighted by Gasteiger charge is -2.21. The minimum absolute atomic E-state index is 0.402. The maximum Gasteiger partial charge on any atom is 0.416 e. The van der Waals surface area contributed by atoms with Crippen molar-refractivity contribution in [1.82, 2.24) is 5.32 Å². The average molecular weight is 289 g/mol. The molecule has 0 spiro atoms. The second-order valence-corrected chi connectivity index (χ2v) is 4.42. The molecule has 0 saturated carbocycles. The van der Waals surface area contributed by atoms with Crippen molar-refractivity contribution in [2.45, 2.75) is 32.0 Å². The summed E-state index contributed by atoms with van der Waals surface area (Å²) in [5, 5.41) is 11.3. The quantitative estimate of drug-likeness (QED) is 0.894. The molecule has 0 aromatic heterocycles. The highest BCUT2D eigenvalue weighted by atomic mass is 19.4. The Kier molecular flexibility index (Phi) is 4.75. The van der Waals surface area contributed by atoms with Crippen molar-refractivity contribution < 1.29 is 27.9 Å². The Labute approximate surface area is 113 Å². The zero-order chi connectivity index (χ0) is 15.5. The largest absolute Gasteiger partial charge is 0.480 e. The summed E-state index contributed by atoms with van der Waals surface area (Å²) in [5.74, 6) is -2.41. The number of carboxylic acids is 1. The predicted octanol–water partition coefficient (Wildman–Crippen LogP) is 2.40. The van der Waals surface area contributed by atoms with E-state index in [1.807, 2.05) is 0 Å². The molecule has 2 atom stereocenters. The summed E-state index contributed by atoms with van der Waals surface area (Å²) in [4.78, 5) is 22.0. The van der Waals surface area contributed by atoms with Crippen LogP contribution in [0.25, 0.3) is 0 Å². The molecule has 1 aromatic carbocycles. The summed E-state index contributed by atoms with van der Waals surface area (Å²) in [5.41, 5.74) is -0.404. The SMILES string of the molecule is CC(=O)N[C@@H](C(=O)O)[C@H](C)c1ccc(C(F)(F)F)cc1. The zero-order valence-electron chi connectivity index (χ0n) is 10.9. The van der Waals surface area contributed by atoms with E-state index in [-0.39, 0.29) is 0 Å². The minimum Gasteiger partial charge on any atom is -0.480 e. The van der Waals surface area contributed by atoms with E-state index in [2.05, 4.69) is 5.32 Å². The first-order valence-electron chi connectivity index (χ1n) is 5.80. The number of nitrogens with one attached hydrogen (secondary N) is 1. The maximum absolute atomic E-state index is 12.4. The van der Waals surface area contributed by atoms with Crippen LogP contribution in [0.4, 0.5) is 13.2 Å². The van der Waals surface area contributed by atoms with Gasteiger partial charge < -0.3 is 10.4 Å². The molecule has 0 saturated heterocycles. The number of carbonyl (C=O) groups excluding carboxylic acids is 1. The van der Waals surface area contributed by atoms with E-state index in [4.69, 9.17) is 5.11 Å². The first-order valence-corrected chi connectivity index (χ1v) is 5.80. The van der Waals surface area contributed by atoms with Crippen LogP contribution < -0.4 is 5.32 Å². The van der Waals surface area contributed by atoms with Crippen LogP contribution in [0.2, 0.25) is 0 Å². The van der Waals surface area contributed by atoms with Gasteiger partial charge in [0.05, 0.1) is 5.56 Å². The van der Waals surface area contributed by atoms with E-state index in [1.54, 1.807) is 0 Å². The van der Waals surface area contributed by atoms with Gasteiger partial charge in [-0.1, -0.05) is 19.1 Å². The molecule has 4 nitrogen and oxygen atoms in total. The van der Waals surface area contributed by atoms with Crippen LogP contribution in [0, 0.1) is 0 Å². The van der Waals surface area contributed by atoms with E-state index in [1.165, 1.54) is 26.0 Å². The van der Waals surface area contributed by atoms with Gasteiger partial charge in [-0.25, -0.2) is 4.79 Å². The standard InChI is InChI=1S/C13H14F3NO3/c1-7(11(12(19)20)17-8(2)18)9-3-5-10(6-4-9)13(14,15)16/h3-7,11H,1-2H3,(H,17,18)(H,19,20)/t7-,11-/m1/s1. The van der Waals surface area contributed by atoms with Crippen LogP contribution in [0.3, 0.4) is 0 Å². The van der Waals surface area contributed by atoms with E-state index in [9.17, 15) is 22.8 Å². The third-order valence-electron chi connectivity index (χ3n) is 2.89. The van der Waals surface area contributed by atoms with Gasteiger partial charge in [0.1, 0.15) is 6.04 Å². The van der Waals surface area contributed by atoms with Crippen LogP contribution in [-0.2, 0) is 15.8 Å². The summed E-state index contributed by atoms with van der Waals surface area (Å²) in [7, 11) is 0. The van der Waals surface area contributed by atoms with Crippen molar-refractivity contribution in [3.63, 3.8) is 0 Å². The molecular weight excluding hydrogens is 275 g/mol. The molecule has 0 aliphatic heterocycles. The molecule has 20 heavy (non-hydrogen) atoms. The Morgan fingerprint density at radius 3 is 2.05 bits per heavy atom. The van der Waals surface area contributed by atoms with Crippen molar-refractivity contribution in [2.75, 3.05) is 0 Å². The molecule has 1 aromatic rings. The van der Waals surface area contributed by atoms with Crippen LogP contribution in [-0.4, -0.2) is 23.0 Å². The number of rotatable bonds is 4. The van der Waals surface area contributed by atoms with Crippen LogP contribution in [0.5, 0.6) is 0 Å². The van der Waals surface area contributed by atoms with Gasteiger partial charge in [0.25, 0.3) is 0 Å². The van der Waals surface area contributed by atoms with Gasteiger partial charge in [0.2, 0.25) is 5.91 Å². The van der Waals surface area contributed by atoms with E-state index < -0.39 is 35.6 Å². The Hall–Kier alpha value is -2.05. The van der Waals surface area contributed by atoms with Gasteiger partial charge in [-0.05, 0) is 17.7 Å². The zero-order valence-corrected chi connectivity index (χ0v) is 10.9. The number of carboxylic acid groups (broad SMARTS) is 1. The number of hydrogen-bond donors (Lipinski definition) is 2. The molecule has 7 heteroatoms. The highest BCUT2D eigenvalue weighted by Gasteiger charge is 2.31. The smallest absolute Gasteiger partial charge is 0.416 e. The Morgan fingerprint density at radius 1 is 1.20 bits per heavy atom. The lowest BCUT2D eigenvalue weighted by atomic mass is 9.92. The van der Waals surface area contributed by atoms with Crippen LogP contribution in [0.1, 0.15) is 30.9 Å². The first-order chi connectivity index (χ1) is 9.12. The Balaban J connectivity index is 2.98. The van der Waals surface area contributed by atoms with Gasteiger partial charge in [-0.2, -0.15) is 13.2 Å². The molecule has 1 rings (SSSR count). The second-order valence-electron chi connectivity index (χ2n) is 4.42. The summed E-state index contributed by atoms with van der Waals surface area (Å²) < 4.78 is 37.3. The summed E-state index contributed by atoms with van der Waals surface area (Å²) in [6.07, 6.45) is -4.44. The van der Waals surface area contributed by atoms with Gasteiger partial charge >= 0.3 is 12.1 Å². The molecule has 2 N–H and O–H groups in total. The van der Waals surface area contributed by atoms with Gasteiger partial charge in [-0.15, -0.1) is 0 Å². The molecule has 0 radical (unpaired) electrons. The fourth-order valence-electron chi connectivity index (χ4n) is 1.79. The number of benzene rings is 1. The summed E-state index contributed by atoms with van der Waals surface area (Å²) in [6.45, 7) is 2.70. The van der Waals surface area contributed by atoms with E-state index >= 15 is 0 Å². The molecule has 0 aliphatic carbocycles. The van der Waals surface area contributed by atoms with Crippen LogP contribution in [0.15, 0.2) is 24.3 Å². The number of halogens is 3. The minimum atomic E-state index is -4.44. The predicted molar refractivity (Wildman–Crippen MR) is 65.1 cm³/mol. The molecule has 0 fully saturated rings. The second kappa shape index (κ2) is 5.94. The molecule has 0 unspecified atom stereocenters. The van der Waals surface area contributed by atoms with Crippen molar-refractivity contribution in [2.24, 2.45) is 0 Å². The van der Waals surface area contributed by atoms with Crippen molar-refractivity contribution in [1.29, 1.82) is 0 Å². The van der Waals surface area contributed by atoms with Crippen molar-refractivity contribution >= 4 is 11.9 Å². The maximum atomic E-state index is 12.4. The van der Waals surface area contributed by atoms with E-state index in [0.29, 0.717) is 5.56 Å². The van der Waals surface area contributed by atoms with Gasteiger partial charge in [0.15, 0.2) is 0 Å². The van der Waals surface area contributed by atoms with Gasteiger partial charge in [0, 0.05) is 12.8 Å². The third kappa shape index (κ3) is 3.97. The molecule has 1 amide bonds. The first kappa shape index (κ1) is 16.0. The van der Waals surface area contributed by atoms with Gasteiger partial charge in [-0.3, -0.25) is 4.79 Å². The van der Waals surface area contributed by atoms with E-state index in [0.717, 1.165) is 12.1 Å². The summed E-state index contributed by atoms with van der Waals surface area (Å²) in [6, 6.07) is 3.01. The fourth-order valence-corrected chi connectivity index (χ4v) is 1.79. The lowest BCUT2D eigenvalue weighted by Crippen LogP contribution is -2.43. The monoisotopic (exact) mass is 289 g/mol. The average Bonchev–Trinajstić information content (AvgIpc) is 2.33. The van der Waals surface area contributed by atoms with Crippen LogP contribution >= 0.6 is 0 Å². The molecule has 0 heterocycles. The highest BCUT2D eigenvalue weighted by molar-refractivity contribution is 5.83. The lowest BCUT2D eigenvalue weighted by molar-refractivity contribution is -0.142. The topological polar surface area (TPSA) is 66.4 Å². The number of carbonyl (C=O) groups is 2. The normalized spacial score (nSPS) is 14.4. The molecule has 0 bridgehead atoms. The molecule has 0 aliphatic rings. The number of amides is 1. The fraction of sp³-hybridized carbons (Fsp3) is 0.385. The van der Waals surface area contributed by atoms with Crippen molar-refractivity contribution in [3.05, 3.63) is 35.4 Å². The third-order valence-corrected chi connectivity index (χ3v) is 2.89.